The minimum atomic E-state index is 0.0402. The number of hydrogen-bond donors (Lipinski definition) is 1. The van der Waals surface area contributed by atoms with E-state index in [0.717, 1.165) is 36.0 Å². The Morgan fingerprint density at radius 3 is 3.05 bits per heavy atom. The van der Waals surface area contributed by atoms with Crippen LogP contribution in [0.5, 0.6) is 5.75 Å². The maximum atomic E-state index is 6.03. The van der Waals surface area contributed by atoms with Gasteiger partial charge in [0.05, 0.1) is 12.3 Å². The highest BCUT2D eigenvalue weighted by Crippen LogP contribution is 2.38. The van der Waals surface area contributed by atoms with Crippen LogP contribution >= 0.6 is 11.3 Å². The summed E-state index contributed by atoms with van der Waals surface area (Å²) in [4.78, 5) is 5.99. The molecule has 1 unspecified atom stereocenters. The van der Waals surface area contributed by atoms with Crippen LogP contribution in [-0.2, 0) is 24.3 Å². The average molecular weight is 304 g/mol. The molecule has 1 aromatic carbocycles. The lowest BCUT2D eigenvalue weighted by atomic mass is 10.1. The highest BCUT2D eigenvalue weighted by atomic mass is 32.1. The summed E-state index contributed by atoms with van der Waals surface area (Å²) >= 11 is 1.73. The van der Waals surface area contributed by atoms with E-state index in [1.165, 1.54) is 10.4 Å². The summed E-state index contributed by atoms with van der Waals surface area (Å²) in [6.45, 7) is 4.45. The summed E-state index contributed by atoms with van der Waals surface area (Å²) in [6, 6.07) is 8.21. The van der Waals surface area contributed by atoms with Crippen LogP contribution in [0.4, 0.5) is 0 Å². The maximum Gasteiger partial charge on any atom is 0.154 e. The normalized spacial score (nSPS) is 16.8. The van der Waals surface area contributed by atoms with Gasteiger partial charge in [-0.1, -0.05) is 25.1 Å². The van der Waals surface area contributed by atoms with Crippen molar-refractivity contribution in [3.63, 3.8) is 0 Å². The van der Waals surface area contributed by atoms with E-state index in [-0.39, 0.29) is 6.10 Å². The van der Waals surface area contributed by atoms with Crippen molar-refractivity contribution in [3.05, 3.63) is 45.4 Å². The number of methoxy groups -OCH3 is 1. The third-order valence-electron chi connectivity index (χ3n) is 3.53. The molecule has 2 aromatic rings. The summed E-state index contributed by atoms with van der Waals surface area (Å²) in [5, 5.41) is 4.41. The van der Waals surface area contributed by atoms with Crippen LogP contribution in [-0.4, -0.2) is 18.6 Å². The van der Waals surface area contributed by atoms with Crippen molar-refractivity contribution in [1.82, 2.24) is 10.3 Å². The molecule has 1 aliphatic rings. The fraction of sp³-hybridized carbons (Fsp3) is 0.438. The second-order valence-electron chi connectivity index (χ2n) is 5.05. The van der Waals surface area contributed by atoms with Crippen molar-refractivity contribution < 1.29 is 9.47 Å². The maximum absolute atomic E-state index is 6.03. The Bertz CT molecular complexity index is 587. The van der Waals surface area contributed by atoms with E-state index < -0.39 is 0 Å². The first-order valence-corrected chi connectivity index (χ1v) is 8.06. The van der Waals surface area contributed by atoms with Gasteiger partial charge in [-0.15, -0.1) is 11.3 Å². The summed E-state index contributed by atoms with van der Waals surface area (Å²) in [5.74, 6) is 0.985. The number of fused-ring (bicyclic) bond motifs is 1. The molecule has 0 amide bonds. The van der Waals surface area contributed by atoms with Gasteiger partial charge in [0.25, 0.3) is 0 Å². The van der Waals surface area contributed by atoms with Crippen LogP contribution in [0, 0.1) is 0 Å². The van der Waals surface area contributed by atoms with Gasteiger partial charge in [-0.3, -0.25) is 0 Å². The van der Waals surface area contributed by atoms with Crippen molar-refractivity contribution in [3.8, 4) is 5.75 Å². The van der Waals surface area contributed by atoms with Gasteiger partial charge >= 0.3 is 0 Å². The van der Waals surface area contributed by atoms with Crippen LogP contribution in [0.15, 0.2) is 24.3 Å². The Kier molecular flexibility index (Phi) is 4.53. The van der Waals surface area contributed by atoms with Gasteiger partial charge in [-0.25, -0.2) is 4.98 Å². The molecule has 1 aliphatic heterocycles. The fourth-order valence-electron chi connectivity index (χ4n) is 2.49. The summed E-state index contributed by atoms with van der Waals surface area (Å²) < 4.78 is 11.3. The lowest BCUT2D eigenvalue weighted by molar-refractivity contribution is 0.180. The minimum absolute atomic E-state index is 0.0402. The zero-order valence-electron chi connectivity index (χ0n) is 12.4. The third kappa shape index (κ3) is 3.10. The van der Waals surface area contributed by atoms with Gasteiger partial charge in [0.2, 0.25) is 0 Å². The predicted octanol–water partition coefficient (Wildman–Crippen LogP) is 3.08. The summed E-state index contributed by atoms with van der Waals surface area (Å²) in [6.07, 6.45) is 0.940. The Balaban J connectivity index is 1.80. The number of ether oxygens (including phenoxy) is 2. The first kappa shape index (κ1) is 14.5. The van der Waals surface area contributed by atoms with Crippen LogP contribution < -0.4 is 10.1 Å². The van der Waals surface area contributed by atoms with Crippen LogP contribution in [0.2, 0.25) is 0 Å². The number of aromatic nitrogens is 1. The highest BCUT2D eigenvalue weighted by molar-refractivity contribution is 7.11. The molecule has 1 aromatic heterocycles. The smallest absolute Gasteiger partial charge is 0.154 e. The molecule has 0 saturated carbocycles. The molecule has 4 nitrogen and oxygen atoms in total. The number of thiazole rings is 1. The fourth-order valence-corrected chi connectivity index (χ4v) is 3.55. The molecule has 1 atom stereocenters. The molecule has 0 aliphatic carbocycles. The summed E-state index contributed by atoms with van der Waals surface area (Å²) in [7, 11) is 1.71. The first-order chi connectivity index (χ1) is 10.3. The molecule has 5 heteroatoms. The van der Waals surface area contributed by atoms with E-state index in [4.69, 9.17) is 14.5 Å². The molecule has 1 N–H and O–H groups in total. The largest absolute Gasteiger partial charge is 0.483 e. The average Bonchev–Trinajstić information content (AvgIpc) is 3.09. The summed E-state index contributed by atoms with van der Waals surface area (Å²) in [5.41, 5.74) is 2.29. The van der Waals surface area contributed by atoms with E-state index in [1.54, 1.807) is 18.4 Å². The number of rotatable bonds is 6. The number of benzene rings is 1. The van der Waals surface area contributed by atoms with Crippen molar-refractivity contribution in [2.45, 2.75) is 32.6 Å². The van der Waals surface area contributed by atoms with Gasteiger partial charge < -0.3 is 14.8 Å². The second kappa shape index (κ2) is 6.56. The predicted molar refractivity (Wildman–Crippen MR) is 83.7 cm³/mol. The van der Waals surface area contributed by atoms with Crippen molar-refractivity contribution in [2.24, 2.45) is 0 Å². The Morgan fingerprint density at radius 2 is 2.29 bits per heavy atom. The van der Waals surface area contributed by atoms with E-state index in [1.807, 2.05) is 12.1 Å². The third-order valence-corrected chi connectivity index (χ3v) is 4.72. The van der Waals surface area contributed by atoms with E-state index in [9.17, 15) is 0 Å². The first-order valence-electron chi connectivity index (χ1n) is 7.24. The molecule has 112 valence electrons. The molecule has 0 spiro atoms. The second-order valence-corrected chi connectivity index (χ2v) is 6.17. The zero-order valence-corrected chi connectivity index (χ0v) is 13.2. The lowest BCUT2D eigenvalue weighted by Gasteiger charge is -2.06. The zero-order chi connectivity index (χ0) is 14.7. The van der Waals surface area contributed by atoms with Gasteiger partial charge in [0.15, 0.2) is 6.10 Å². The molecule has 2 heterocycles. The SMILES string of the molecule is CCNCc1sc(C2Cc3ccccc3O2)nc1COC. The number of nitrogens with zero attached hydrogens (tertiary/aromatic N) is 1. The molecule has 21 heavy (non-hydrogen) atoms. The van der Waals surface area contributed by atoms with Crippen LogP contribution in [0.1, 0.15) is 34.2 Å². The van der Waals surface area contributed by atoms with Crippen molar-refractivity contribution >= 4 is 11.3 Å². The standard InChI is InChI=1S/C16H20N2O2S/c1-3-17-9-15-12(10-19-2)18-16(21-15)14-8-11-6-4-5-7-13(11)20-14/h4-7,14,17H,3,8-10H2,1-2H3. The Morgan fingerprint density at radius 1 is 1.43 bits per heavy atom. The van der Waals surface area contributed by atoms with Gasteiger partial charge in [0, 0.05) is 25.0 Å². The Labute approximate surface area is 129 Å². The molecular weight excluding hydrogens is 284 g/mol. The lowest BCUT2D eigenvalue weighted by Crippen LogP contribution is -2.12. The monoisotopic (exact) mass is 304 g/mol. The molecular formula is C16H20N2O2S. The molecule has 0 fully saturated rings. The van der Waals surface area contributed by atoms with Crippen molar-refractivity contribution in [2.75, 3.05) is 13.7 Å². The van der Waals surface area contributed by atoms with E-state index >= 15 is 0 Å². The molecule has 0 radical (unpaired) electrons. The highest BCUT2D eigenvalue weighted by Gasteiger charge is 2.27. The van der Waals surface area contributed by atoms with Crippen molar-refractivity contribution in [1.29, 1.82) is 0 Å². The van der Waals surface area contributed by atoms with Gasteiger partial charge in [-0.05, 0) is 18.2 Å². The number of hydrogen-bond acceptors (Lipinski definition) is 5. The van der Waals surface area contributed by atoms with E-state index in [0.29, 0.717) is 6.61 Å². The molecule has 0 bridgehead atoms. The quantitative estimate of drug-likeness (QED) is 0.890. The molecule has 3 rings (SSSR count). The van der Waals surface area contributed by atoms with Crippen LogP contribution in [0.3, 0.4) is 0 Å². The number of para-hydroxylation sites is 1. The Hall–Kier alpha value is -1.43. The van der Waals surface area contributed by atoms with Gasteiger partial charge in [-0.2, -0.15) is 0 Å². The van der Waals surface area contributed by atoms with E-state index in [2.05, 4.69) is 24.4 Å². The minimum Gasteiger partial charge on any atom is -0.483 e. The number of nitrogens with one attached hydrogen (secondary N) is 1. The van der Waals surface area contributed by atoms with Gasteiger partial charge in [0.1, 0.15) is 10.8 Å². The van der Waals surface area contributed by atoms with Crippen LogP contribution in [0.25, 0.3) is 0 Å². The topological polar surface area (TPSA) is 43.4 Å². The molecule has 0 saturated heterocycles.